The van der Waals surface area contributed by atoms with Crippen LogP contribution in [0.15, 0.2) is 0 Å². The van der Waals surface area contributed by atoms with E-state index in [0.717, 1.165) is 7.05 Å². The number of alkyl halides is 3. The van der Waals surface area contributed by atoms with Crippen molar-refractivity contribution in [2.75, 3.05) is 13.6 Å². The van der Waals surface area contributed by atoms with Crippen LogP contribution >= 0.6 is 0 Å². The van der Waals surface area contributed by atoms with Gasteiger partial charge in [0.1, 0.15) is 0 Å². The number of halogens is 3. The molecule has 0 heterocycles. The molecule has 0 bridgehead atoms. The maximum Gasteiger partial charge on any atom is 0.471 e. The Morgan fingerprint density at radius 2 is 2.00 bits per heavy atom. The van der Waals surface area contributed by atoms with Gasteiger partial charge in [-0.2, -0.15) is 13.2 Å². The summed E-state index contributed by atoms with van der Waals surface area (Å²) in [5.74, 6) is -1.94. The predicted octanol–water partition coefficient (Wildman–Crippen LogP) is 0.388. The van der Waals surface area contributed by atoms with Crippen LogP contribution in [0.4, 0.5) is 13.2 Å². The number of amides is 1. The SMILES string of the molecule is CC(O)CN(C)C(=O)C(F)(F)F. The minimum absolute atomic E-state index is 0.321. The molecule has 0 fully saturated rings. The Bertz CT molecular complexity index is 167. The molecular weight excluding hydrogens is 175 g/mol. The predicted molar refractivity (Wildman–Crippen MR) is 35.4 cm³/mol. The van der Waals surface area contributed by atoms with Gasteiger partial charge in [-0.25, -0.2) is 0 Å². The molecule has 0 aliphatic rings. The van der Waals surface area contributed by atoms with Crippen LogP contribution in [0.3, 0.4) is 0 Å². The topological polar surface area (TPSA) is 40.5 Å². The van der Waals surface area contributed by atoms with Crippen molar-refractivity contribution in [3.05, 3.63) is 0 Å². The third kappa shape index (κ3) is 3.56. The molecule has 3 nitrogen and oxygen atoms in total. The smallest absolute Gasteiger partial charge is 0.392 e. The molecule has 6 heteroatoms. The van der Waals surface area contributed by atoms with Crippen molar-refractivity contribution < 1.29 is 23.1 Å². The fraction of sp³-hybridized carbons (Fsp3) is 0.833. The highest BCUT2D eigenvalue weighted by atomic mass is 19.4. The van der Waals surface area contributed by atoms with Gasteiger partial charge in [-0.3, -0.25) is 4.79 Å². The van der Waals surface area contributed by atoms with E-state index >= 15 is 0 Å². The second-order valence-corrected chi connectivity index (χ2v) is 2.53. The van der Waals surface area contributed by atoms with Gasteiger partial charge in [0, 0.05) is 13.6 Å². The number of hydrogen-bond acceptors (Lipinski definition) is 2. The van der Waals surface area contributed by atoms with Crippen molar-refractivity contribution in [1.29, 1.82) is 0 Å². The van der Waals surface area contributed by atoms with Crippen LogP contribution in [0.2, 0.25) is 0 Å². The standard InChI is InChI=1S/C6H10F3NO2/c1-4(11)3-10(2)5(12)6(7,8)9/h4,11H,3H2,1-2H3. The molecule has 0 radical (unpaired) electrons. The first-order valence-electron chi connectivity index (χ1n) is 3.25. The van der Waals surface area contributed by atoms with Gasteiger partial charge in [-0.15, -0.1) is 0 Å². The summed E-state index contributed by atoms with van der Waals surface area (Å²) in [4.78, 5) is 10.8. The molecule has 0 saturated heterocycles. The number of rotatable bonds is 2. The maximum atomic E-state index is 11.7. The summed E-state index contributed by atoms with van der Waals surface area (Å²) in [6.45, 7) is 0.985. The van der Waals surface area contributed by atoms with E-state index < -0.39 is 18.2 Å². The highest BCUT2D eigenvalue weighted by Crippen LogP contribution is 2.17. The number of hydrogen-bond donors (Lipinski definition) is 1. The minimum Gasteiger partial charge on any atom is -0.392 e. The summed E-state index contributed by atoms with van der Waals surface area (Å²) < 4.78 is 35.0. The third-order valence-electron chi connectivity index (χ3n) is 1.13. The van der Waals surface area contributed by atoms with E-state index in [1.165, 1.54) is 6.92 Å². The van der Waals surface area contributed by atoms with Gasteiger partial charge < -0.3 is 10.0 Å². The van der Waals surface area contributed by atoms with Crippen molar-refractivity contribution in [2.45, 2.75) is 19.2 Å². The molecule has 72 valence electrons. The largest absolute Gasteiger partial charge is 0.471 e. The summed E-state index contributed by atoms with van der Waals surface area (Å²) in [6.07, 6.45) is -5.81. The molecule has 0 aromatic rings. The lowest BCUT2D eigenvalue weighted by molar-refractivity contribution is -0.184. The zero-order valence-electron chi connectivity index (χ0n) is 6.72. The first-order chi connectivity index (χ1) is 5.25. The van der Waals surface area contributed by atoms with Crippen molar-refractivity contribution >= 4 is 5.91 Å². The number of nitrogens with zero attached hydrogens (tertiary/aromatic N) is 1. The van der Waals surface area contributed by atoms with E-state index in [2.05, 4.69) is 0 Å². The van der Waals surface area contributed by atoms with Crippen molar-refractivity contribution in [3.8, 4) is 0 Å². The Labute approximate surface area is 67.8 Å². The van der Waals surface area contributed by atoms with E-state index in [1.807, 2.05) is 0 Å². The molecule has 0 saturated carbocycles. The fourth-order valence-electron chi connectivity index (χ4n) is 0.696. The maximum absolute atomic E-state index is 11.7. The lowest BCUT2D eigenvalue weighted by atomic mass is 10.3. The lowest BCUT2D eigenvalue weighted by Gasteiger charge is -2.19. The molecule has 0 spiro atoms. The van der Waals surface area contributed by atoms with Crippen LogP contribution in [0.25, 0.3) is 0 Å². The van der Waals surface area contributed by atoms with E-state index in [1.54, 1.807) is 0 Å². The van der Waals surface area contributed by atoms with Gasteiger partial charge in [0.05, 0.1) is 6.10 Å². The Hall–Kier alpha value is -0.780. The number of carbonyl (C=O) groups is 1. The minimum atomic E-state index is -4.86. The van der Waals surface area contributed by atoms with Gasteiger partial charge in [0.2, 0.25) is 0 Å². The number of carbonyl (C=O) groups excluding carboxylic acids is 1. The highest BCUT2D eigenvalue weighted by molar-refractivity contribution is 5.81. The van der Waals surface area contributed by atoms with Gasteiger partial charge >= 0.3 is 12.1 Å². The average molecular weight is 185 g/mol. The second-order valence-electron chi connectivity index (χ2n) is 2.53. The van der Waals surface area contributed by atoms with Crippen LogP contribution in [-0.2, 0) is 4.79 Å². The molecule has 1 unspecified atom stereocenters. The van der Waals surface area contributed by atoms with Crippen LogP contribution in [-0.4, -0.2) is 41.8 Å². The van der Waals surface area contributed by atoms with Gasteiger partial charge in [-0.05, 0) is 6.92 Å². The van der Waals surface area contributed by atoms with E-state index in [0.29, 0.717) is 4.90 Å². The van der Waals surface area contributed by atoms with E-state index in [9.17, 15) is 18.0 Å². The quantitative estimate of drug-likeness (QED) is 0.676. The van der Waals surface area contributed by atoms with E-state index in [-0.39, 0.29) is 6.54 Å². The lowest BCUT2D eigenvalue weighted by Crippen LogP contribution is -2.41. The summed E-state index contributed by atoms with van der Waals surface area (Å²) in [5.41, 5.74) is 0. The number of aliphatic hydroxyl groups is 1. The Morgan fingerprint density at radius 3 is 2.25 bits per heavy atom. The molecular formula is C6H10F3NO2. The third-order valence-corrected chi connectivity index (χ3v) is 1.13. The molecule has 0 aromatic heterocycles. The molecule has 0 aliphatic carbocycles. The Kier molecular flexibility index (Phi) is 3.51. The first kappa shape index (κ1) is 11.2. The van der Waals surface area contributed by atoms with Crippen LogP contribution in [0.5, 0.6) is 0 Å². The summed E-state index contributed by atoms with van der Waals surface area (Å²) in [6, 6.07) is 0. The number of aliphatic hydroxyl groups excluding tert-OH is 1. The van der Waals surface area contributed by atoms with Gasteiger partial charge in [-0.1, -0.05) is 0 Å². The molecule has 0 aliphatic heterocycles. The first-order valence-corrected chi connectivity index (χ1v) is 3.25. The summed E-state index contributed by atoms with van der Waals surface area (Å²) >= 11 is 0. The Balaban J connectivity index is 4.12. The average Bonchev–Trinajstić information content (AvgIpc) is 1.82. The molecule has 0 aromatic carbocycles. The monoisotopic (exact) mass is 185 g/mol. The van der Waals surface area contributed by atoms with E-state index in [4.69, 9.17) is 5.11 Å². The summed E-state index contributed by atoms with van der Waals surface area (Å²) in [7, 11) is 0.989. The molecule has 1 amide bonds. The highest BCUT2D eigenvalue weighted by Gasteiger charge is 2.41. The van der Waals surface area contributed by atoms with Crippen LogP contribution in [0, 0.1) is 0 Å². The van der Waals surface area contributed by atoms with Crippen molar-refractivity contribution in [1.82, 2.24) is 4.90 Å². The fourth-order valence-corrected chi connectivity index (χ4v) is 0.696. The second kappa shape index (κ2) is 3.75. The van der Waals surface area contributed by atoms with Crippen molar-refractivity contribution in [2.24, 2.45) is 0 Å². The van der Waals surface area contributed by atoms with Gasteiger partial charge in [0.25, 0.3) is 0 Å². The molecule has 1 N–H and O–H groups in total. The molecule has 12 heavy (non-hydrogen) atoms. The van der Waals surface area contributed by atoms with Gasteiger partial charge in [0.15, 0.2) is 0 Å². The number of likely N-dealkylation sites (N-methyl/N-ethyl adjacent to an activating group) is 1. The summed E-state index contributed by atoms with van der Waals surface area (Å²) in [5, 5.41) is 8.68. The zero-order valence-corrected chi connectivity index (χ0v) is 6.72. The molecule has 0 rings (SSSR count). The van der Waals surface area contributed by atoms with Crippen LogP contribution in [0.1, 0.15) is 6.92 Å². The Morgan fingerprint density at radius 1 is 1.58 bits per heavy atom. The van der Waals surface area contributed by atoms with Crippen molar-refractivity contribution in [3.63, 3.8) is 0 Å². The zero-order chi connectivity index (χ0) is 9.94. The molecule has 1 atom stereocenters. The normalized spacial score (nSPS) is 14.2. The van der Waals surface area contributed by atoms with Crippen LogP contribution < -0.4 is 0 Å².